The van der Waals surface area contributed by atoms with E-state index >= 15 is 0 Å². The monoisotopic (exact) mass is 513 g/mol. The van der Waals surface area contributed by atoms with Crippen molar-refractivity contribution in [2.75, 3.05) is 42.3 Å². The van der Waals surface area contributed by atoms with E-state index in [1.807, 2.05) is 93.4 Å². The summed E-state index contributed by atoms with van der Waals surface area (Å²) in [5.74, 6) is 0.673. The van der Waals surface area contributed by atoms with Crippen LogP contribution < -0.4 is 0 Å². The number of aromatic hydroxyl groups is 2. The first kappa shape index (κ1) is 29.6. The van der Waals surface area contributed by atoms with Crippen molar-refractivity contribution in [1.29, 1.82) is 0 Å². The van der Waals surface area contributed by atoms with Crippen LogP contribution in [0.4, 0.5) is 0 Å². The maximum Gasteiger partial charge on any atom is 0.185 e. The van der Waals surface area contributed by atoms with Crippen molar-refractivity contribution in [3.8, 4) is 11.5 Å². The van der Waals surface area contributed by atoms with Crippen LogP contribution >= 0.6 is 12.4 Å². The van der Waals surface area contributed by atoms with Crippen LogP contribution in [0.1, 0.15) is 47.1 Å². The third-order valence-corrected chi connectivity index (χ3v) is 6.01. The van der Waals surface area contributed by atoms with Crippen molar-refractivity contribution in [3.05, 3.63) is 69.3 Å². The number of Topliss-reactive ketones (excluding diaryl/α,β-unsaturated/α-hetero) is 1. The highest BCUT2D eigenvalue weighted by molar-refractivity contribution is 6.14. The number of rotatable bonds is 8. The number of hydrogen-bond donors (Lipinski definition) is 2. The van der Waals surface area contributed by atoms with Crippen molar-refractivity contribution in [1.82, 2.24) is 14.7 Å². The number of carbonyl (C=O) groups excluding carboxylic acids is 1. The van der Waals surface area contributed by atoms with E-state index in [4.69, 9.17) is 0 Å². The van der Waals surface area contributed by atoms with Crippen molar-refractivity contribution in [2.45, 2.75) is 38.9 Å². The highest BCUT2D eigenvalue weighted by Gasteiger charge is 2.21. The highest BCUT2D eigenvalue weighted by Crippen LogP contribution is 2.32. The minimum Gasteiger partial charge on any atom is -0.508 e. The van der Waals surface area contributed by atoms with Gasteiger partial charge in [0.15, 0.2) is 5.78 Å². The SMILES string of the molecule is CN(C)Cc1cc(/C=C2\CCC/C(=C\c3cc(CN(C)C)c(O)c(CN(C)C)c3)C2=O)ccc1O.Cl. The predicted octanol–water partition coefficient (Wildman–Crippen LogP) is 4.92. The molecular weight excluding hydrogens is 474 g/mol. The molecule has 0 aromatic heterocycles. The largest absolute Gasteiger partial charge is 0.508 e. The number of hydrogen-bond acceptors (Lipinski definition) is 6. The average molecular weight is 514 g/mol. The molecule has 0 saturated heterocycles. The summed E-state index contributed by atoms with van der Waals surface area (Å²) in [6, 6.07) is 9.48. The fourth-order valence-electron chi connectivity index (χ4n) is 4.54. The number of phenols is 2. The van der Waals surface area contributed by atoms with Gasteiger partial charge in [0.25, 0.3) is 0 Å². The molecule has 196 valence electrons. The second kappa shape index (κ2) is 13.1. The Bertz CT molecular complexity index is 1110. The predicted molar refractivity (Wildman–Crippen MR) is 150 cm³/mol. The molecule has 1 fully saturated rings. The molecule has 0 radical (unpaired) electrons. The summed E-state index contributed by atoms with van der Waals surface area (Å²) in [4.78, 5) is 19.5. The van der Waals surface area contributed by atoms with Crippen LogP contribution in [0.15, 0.2) is 41.5 Å². The number of ketones is 1. The number of phenolic OH excluding ortho intramolecular Hbond substituents is 2. The molecule has 0 spiro atoms. The van der Waals surface area contributed by atoms with Crippen LogP contribution in [0.3, 0.4) is 0 Å². The lowest BCUT2D eigenvalue weighted by Gasteiger charge is -2.19. The molecule has 7 heteroatoms. The van der Waals surface area contributed by atoms with Crippen LogP contribution in [0.5, 0.6) is 11.5 Å². The van der Waals surface area contributed by atoms with E-state index in [1.54, 1.807) is 6.07 Å². The van der Waals surface area contributed by atoms with Gasteiger partial charge >= 0.3 is 0 Å². The minimum absolute atomic E-state index is 0. The fourth-order valence-corrected chi connectivity index (χ4v) is 4.54. The van der Waals surface area contributed by atoms with E-state index in [2.05, 4.69) is 0 Å². The van der Waals surface area contributed by atoms with Gasteiger partial charge in [0.1, 0.15) is 11.5 Å². The number of benzene rings is 2. The molecule has 0 heterocycles. The van der Waals surface area contributed by atoms with Gasteiger partial charge in [-0.15, -0.1) is 12.4 Å². The zero-order chi connectivity index (χ0) is 25.7. The van der Waals surface area contributed by atoms with Crippen LogP contribution in [-0.4, -0.2) is 73.0 Å². The van der Waals surface area contributed by atoms with Crippen molar-refractivity contribution in [3.63, 3.8) is 0 Å². The first-order valence-corrected chi connectivity index (χ1v) is 12.1. The lowest BCUT2D eigenvalue weighted by Crippen LogP contribution is -2.15. The van der Waals surface area contributed by atoms with Crippen molar-refractivity contribution < 1.29 is 15.0 Å². The normalized spacial score (nSPS) is 16.4. The third kappa shape index (κ3) is 7.93. The molecule has 2 aromatic rings. The highest BCUT2D eigenvalue weighted by atomic mass is 35.5. The maximum atomic E-state index is 13.4. The van der Waals surface area contributed by atoms with Crippen molar-refractivity contribution >= 4 is 30.3 Å². The number of carbonyl (C=O) groups is 1. The molecule has 2 N–H and O–H groups in total. The molecule has 0 unspecified atom stereocenters. The number of nitrogens with zero attached hydrogens (tertiary/aromatic N) is 3. The molecule has 0 bridgehead atoms. The van der Waals surface area contributed by atoms with Gasteiger partial charge in [-0.05, 0) is 109 Å². The van der Waals surface area contributed by atoms with Gasteiger partial charge in [-0.1, -0.05) is 6.07 Å². The molecule has 0 aliphatic heterocycles. The fraction of sp³-hybridized carbons (Fsp3) is 0.414. The summed E-state index contributed by atoms with van der Waals surface area (Å²) in [6.45, 7) is 1.88. The van der Waals surface area contributed by atoms with Crippen LogP contribution in [0.25, 0.3) is 12.2 Å². The summed E-state index contributed by atoms with van der Waals surface area (Å²) >= 11 is 0. The summed E-state index contributed by atoms with van der Waals surface area (Å²) in [7, 11) is 11.8. The quantitative estimate of drug-likeness (QED) is 0.488. The molecule has 0 atom stereocenters. The Labute approximate surface area is 221 Å². The van der Waals surface area contributed by atoms with Gasteiger partial charge in [0, 0.05) is 47.5 Å². The zero-order valence-electron chi connectivity index (χ0n) is 22.3. The Morgan fingerprint density at radius 3 is 1.67 bits per heavy atom. The van der Waals surface area contributed by atoms with Gasteiger partial charge < -0.3 is 24.9 Å². The Kier molecular flexibility index (Phi) is 10.7. The first-order valence-electron chi connectivity index (χ1n) is 12.1. The van der Waals surface area contributed by atoms with Gasteiger partial charge in [-0.2, -0.15) is 0 Å². The topological polar surface area (TPSA) is 67.2 Å². The van der Waals surface area contributed by atoms with E-state index < -0.39 is 0 Å². The van der Waals surface area contributed by atoms with E-state index in [0.29, 0.717) is 25.4 Å². The summed E-state index contributed by atoms with van der Waals surface area (Å²) in [5.41, 5.74) is 6.02. The lowest BCUT2D eigenvalue weighted by molar-refractivity contribution is -0.112. The molecule has 1 saturated carbocycles. The summed E-state index contributed by atoms with van der Waals surface area (Å²) in [6.07, 6.45) is 6.35. The Morgan fingerprint density at radius 2 is 1.17 bits per heavy atom. The first-order chi connectivity index (χ1) is 16.5. The molecule has 6 nitrogen and oxygen atoms in total. The van der Waals surface area contributed by atoms with E-state index in [9.17, 15) is 15.0 Å². The third-order valence-electron chi connectivity index (χ3n) is 6.01. The summed E-state index contributed by atoms with van der Waals surface area (Å²) < 4.78 is 0. The maximum absolute atomic E-state index is 13.4. The summed E-state index contributed by atoms with van der Waals surface area (Å²) in [5, 5.41) is 21.0. The van der Waals surface area contributed by atoms with E-state index in [0.717, 1.165) is 58.2 Å². The van der Waals surface area contributed by atoms with Gasteiger partial charge in [0.05, 0.1) is 0 Å². The molecule has 3 rings (SSSR count). The standard InChI is InChI=1S/C29H39N3O3.ClH/c1-30(2)17-24-13-20(10-11-27(24)33)12-22-8-7-9-23(28(22)34)14-21-15-25(18-31(3)4)29(35)26(16-21)19-32(5)6;/h10-16,33,35H,7-9,17-19H2,1-6H3;1H/b22-12+,23-14+;. The van der Waals surface area contributed by atoms with Crippen LogP contribution in [-0.2, 0) is 24.4 Å². The number of allylic oxidation sites excluding steroid dienone is 2. The van der Waals surface area contributed by atoms with Crippen LogP contribution in [0.2, 0.25) is 0 Å². The van der Waals surface area contributed by atoms with Crippen LogP contribution in [0, 0.1) is 0 Å². The Hall–Kier alpha value is -2.64. The molecule has 0 amide bonds. The Morgan fingerprint density at radius 1 is 0.722 bits per heavy atom. The van der Waals surface area contributed by atoms with Gasteiger partial charge in [-0.3, -0.25) is 4.79 Å². The lowest BCUT2D eigenvalue weighted by atomic mass is 9.86. The smallest absolute Gasteiger partial charge is 0.185 e. The minimum atomic E-state index is 0. The molecule has 1 aliphatic rings. The van der Waals surface area contributed by atoms with Gasteiger partial charge in [-0.25, -0.2) is 0 Å². The second-order valence-corrected chi connectivity index (χ2v) is 10.3. The Balaban J connectivity index is 0.00000456. The molecular formula is C29H40ClN3O3. The van der Waals surface area contributed by atoms with E-state index in [1.165, 1.54) is 0 Å². The molecule has 1 aliphatic carbocycles. The number of halogens is 1. The molecule has 36 heavy (non-hydrogen) atoms. The molecule has 2 aromatic carbocycles. The average Bonchev–Trinajstić information content (AvgIpc) is 2.75. The zero-order valence-corrected chi connectivity index (χ0v) is 23.2. The second-order valence-electron chi connectivity index (χ2n) is 10.3. The van der Waals surface area contributed by atoms with Gasteiger partial charge in [0.2, 0.25) is 0 Å². The van der Waals surface area contributed by atoms with E-state index in [-0.39, 0.29) is 23.9 Å². The van der Waals surface area contributed by atoms with Crippen molar-refractivity contribution in [2.24, 2.45) is 0 Å².